The quantitative estimate of drug-likeness (QED) is 0.616. The Kier molecular flexibility index (Phi) is 6.21. The minimum absolute atomic E-state index is 0.0240. The zero-order valence-corrected chi connectivity index (χ0v) is 17.1. The summed E-state index contributed by atoms with van der Waals surface area (Å²) in [7, 11) is 1.65. The predicted molar refractivity (Wildman–Crippen MR) is 112 cm³/mol. The second-order valence-electron chi connectivity index (χ2n) is 7.22. The first-order valence-corrected chi connectivity index (χ1v) is 10.6. The first-order chi connectivity index (χ1) is 14.2. The number of piperidine rings is 1. The van der Waals surface area contributed by atoms with Gasteiger partial charge in [0.2, 0.25) is 5.91 Å². The summed E-state index contributed by atoms with van der Waals surface area (Å²) in [5.74, 6) is 2.21. The van der Waals surface area contributed by atoms with Crippen LogP contribution in [0.25, 0.3) is 11.3 Å². The highest BCUT2D eigenvalue weighted by atomic mass is 32.1. The lowest BCUT2D eigenvalue weighted by Gasteiger charge is -2.31. The first kappa shape index (κ1) is 19.6. The molecule has 2 N–H and O–H groups in total. The lowest BCUT2D eigenvalue weighted by molar-refractivity contribution is -0.117. The molecule has 1 amide bonds. The van der Waals surface area contributed by atoms with Crippen molar-refractivity contribution in [2.24, 2.45) is 11.8 Å². The van der Waals surface area contributed by atoms with Crippen LogP contribution in [0.2, 0.25) is 0 Å². The second-order valence-corrected chi connectivity index (χ2v) is 8.11. The number of thiazole rings is 1. The number of hydrogen-bond donors (Lipinski definition) is 2. The van der Waals surface area contributed by atoms with Crippen LogP contribution in [0.1, 0.15) is 18.5 Å². The number of hydrogen-bond acceptors (Lipinski definition) is 7. The molecule has 0 radical (unpaired) electrons. The van der Waals surface area contributed by atoms with Crippen molar-refractivity contribution in [1.29, 1.82) is 0 Å². The van der Waals surface area contributed by atoms with E-state index >= 15 is 0 Å². The molecule has 0 unspecified atom stereocenters. The number of amides is 1. The maximum atomic E-state index is 12.4. The molecule has 3 heterocycles. The van der Waals surface area contributed by atoms with Crippen LogP contribution >= 0.6 is 11.3 Å². The molecule has 1 aromatic carbocycles. The molecule has 2 aromatic heterocycles. The van der Waals surface area contributed by atoms with Crippen LogP contribution in [0.3, 0.4) is 0 Å². The predicted octanol–water partition coefficient (Wildman–Crippen LogP) is 3.60. The highest BCUT2D eigenvalue weighted by Gasteiger charge is 2.28. The third-order valence-electron chi connectivity index (χ3n) is 5.30. The van der Waals surface area contributed by atoms with E-state index in [-0.39, 0.29) is 5.91 Å². The van der Waals surface area contributed by atoms with Gasteiger partial charge in [0, 0.05) is 29.6 Å². The van der Waals surface area contributed by atoms with Gasteiger partial charge in [0.05, 0.1) is 12.8 Å². The van der Waals surface area contributed by atoms with E-state index in [1.54, 1.807) is 13.3 Å². The summed E-state index contributed by atoms with van der Waals surface area (Å²) in [6.45, 7) is 1.81. The summed E-state index contributed by atoms with van der Waals surface area (Å²) >= 11 is 1.43. The van der Waals surface area contributed by atoms with Crippen LogP contribution in [-0.4, -0.2) is 36.2 Å². The van der Waals surface area contributed by atoms with Crippen molar-refractivity contribution < 1.29 is 14.1 Å². The molecule has 29 heavy (non-hydrogen) atoms. The molecule has 0 bridgehead atoms. The number of nitrogens with zero attached hydrogens (tertiary/aromatic N) is 2. The van der Waals surface area contributed by atoms with E-state index in [0.29, 0.717) is 23.4 Å². The maximum absolute atomic E-state index is 12.4. The monoisotopic (exact) mass is 412 g/mol. The van der Waals surface area contributed by atoms with Gasteiger partial charge >= 0.3 is 0 Å². The fourth-order valence-electron chi connectivity index (χ4n) is 3.75. The Hall–Kier alpha value is -2.71. The number of nitrogens with one attached hydrogen (secondary N) is 2. The summed E-state index contributed by atoms with van der Waals surface area (Å²) in [6, 6.07) is 9.70. The van der Waals surface area contributed by atoms with E-state index in [1.165, 1.54) is 11.3 Å². The number of carbonyl (C=O) groups is 1. The van der Waals surface area contributed by atoms with Crippen molar-refractivity contribution in [2.75, 3.05) is 25.5 Å². The van der Waals surface area contributed by atoms with Crippen LogP contribution in [-0.2, 0) is 11.2 Å². The number of aromatic nitrogens is 2. The summed E-state index contributed by atoms with van der Waals surface area (Å²) in [5, 5.41) is 13.1. The van der Waals surface area contributed by atoms with E-state index in [4.69, 9.17) is 9.26 Å². The molecule has 1 aliphatic heterocycles. The van der Waals surface area contributed by atoms with Crippen molar-refractivity contribution in [3.63, 3.8) is 0 Å². The van der Waals surface area contributed by atoms with Crippen LogP contribution in [0.5, 0.6) is 5.75 Å². The van der Waals surface area contributed by atoms with Crippen molar-refractivity contribution in [3.8, 4) is 17.1 Å². The van der Waals surface area contributed by atoms with E-state index in [9.17, 15) is 4.79 Å². The van der Waals surface area contributed by atoms with Gasteiger partial charge in [-0.1, -0.05) is 5.16 Å². The molecular formula is C21H24N4O3S. The van der Waals surface area contributed by atoms with Gasteiger partial charge < -0.3 is 19.9 Å². The smallest absolute Gasteiger partial charge is 0.226 e. The fourth-order valence-corrected chi connectivity index (χ4v) is 4.29. The van der Waals surface area contributed by atoms with Crippen molar-refractivity contribution in [1.82, 2.24) is 15.5 Å². The average molecular weight is 413 g/mol. The molecule has 4 rings (SSSR count). The second kappa shape index (κ2) is 9.19. The molecule has 1 saturated heterocycles. The van der Waals surface area contributed by atoms with Gasteiger partial charge in [-0.15, -0.1) is 11.3 Å². The Morgan fingerprint density at radius 2 is 2.21 bits per heavy atom. The fraction of sp³-hybridized carbons (Fsp3) is 0.381. The number of carbonyl (C=O) groups excluding carboxylic acids is 1. The van der Waals surface area contributed by atoms with E-state index in [1.807, 2.05) is 35.7 Å². The number of methoxy groups -OCH3 is 1. The van der Waals surface area contributed by atoms with Crippen molar-refractivity contribution in [2.45, 2.75) is 19.3 Å². The Morgan fingerprint density at radius 3 is 2.97 bits per heavy atom. The van der Waals surface area contributed by atoms with Crippen LogP contribution in [0.15, 0.2) is 46.4 Å². The summed E-state index contributed by atoms with van der Waals surface area (Å²) < 4.78 is 10.8. The number of benzene rings is 1. The first-order valence-electron chi connectivity index (χ1n) is 9.71. The topological polar surface area (TPSA) is 89.3 Å². The van der Waals surface area contributed by atoms with Gasteiger partial charge in [-0.25, -0.2) is 4.98 Å². The zero-order valence-electron chi connectivity index (χ0n) is 16.3. The molecule has 0 spiro atoms. The molecule has 2 atom stereocenters. The third-order valence-corrected chi connectivity index (χ3v) is 5.98. The van der Waals surface area contributed by atoms with Gasteiger partial charge in [-0.2, -0.15) is 0 Å². The molecule has 152 valence electrons. The molecule has 1 fully saturated rings. The maximum Gasteiger partial charge on any atom is 0.226 e. The van der Waals surface area contributed by atoms with Crippen LogP contribution < -0.4 is 15.4 Å². The standard InChI is InChI=1S/C21H24N4O3S/c1-27-18-4-2-14(3-5-18)19-12-17(25-28-19)10-16-13-22-7-6-15(16)11-20(26)24-21-23-8-9-29-21/h2-5,8-9,12,15-16,22H,6-7,10-11,13H2,1H3,(H,23,24,26)/t15-,16+/m0/s1. The number of rotatable bonds is 7. The summed E-state index contributed by atoms with van der Waals surface area (Å²) in [6.07, 6.45) is 3.94. The largest absolute Gasteiger partial charge is 0.497 e. The molecule has 0 saturated carbocycles. The van der Waals surface area contributed by atoms with Gasteiger partial charge in [0.1, 0.15) is 5.75 Å². The van der Waals surface area contributed by atoms with E-state index in [0.717, 1.165) is 48.7 Å². The zero-order chi connectivity index (χ0) is 20.1. The SMILES string of the molecule is COc1ccc(-c2cc(C[C@@H]3CNCC[C@H]3CC(=O)Nc3nccs3)no2)cc1. The Bertz CT molecular complexity index is 924. The Balaban J connectivity index is 1.39. The molecular weight excluding hydrogens is 388 g/mol. The summed E-state index contributed by atoms with van der Waals surface area (Å²) in [5.41, 5.74) is 1.88. The third kappa shape index (κ3) is 5.02. The van der Waals surface area contributed by atoms with Gasteiger partial charge in [-0.05, 0) is 62.0 Å². The molecule has 0 aliphatic carbocycles. The van der Waals surface area contributed by atoms with E-state index in [2.05, 4.69) is 20.8 Å². The lowest BCUT2D eigenvalue weighted by atomic mass is 9.81. The minimum Gasteiger partial charge on any atom is -0.497 e. The molecule has 7 nitrogen and oxygen atoms in total. The highest BCUT2D eigenvalue weighted by Crippen LogP contribution is 2.29. The number of anilines is 1. The van der Waals surface area contributed by atoms with Gasteiger partial charge in [0.15, 0.2) is 10.9 Å². The van der Waals surface area contributed by atoms with Crippen LogP contribution in [0.4, 0.5) is 5.13 Å². The highest BCUT2D eigenvalue weighted by molar-refractivity contribution is 7.13. The number of ether oxygens (including phenoxy) is 1. The van der Waals surface area contributed by atoms with Crippen molar-refractivity contribution in [3.05, 3.63) is 47.6 Å². The molecule has 1 aliphatic rings. The van der Waals surface area contributed by atoms with Gasteiger partial charge in [-0.3, -0.25) is 4.79 Å². The Labute approximate surface area is 173 Å². The van der Waals surface area contributed by atoms with Gasteiger partial charge in [0.25, 0.3) is 0 Å². The van der Waals surface area contributed by atoms with Crippen LogP contribution in [0, 0.1) is 11.8 Å². The van der Waals surface area contributed by atoms with E-state index < -0.39 is 0 Å². The molecule has 8 heteroatoms. The molecule has 3 aromatic rings. The normalized spacial score (nSPS) is 19.1. The lowest BCUT2D eigenvalue weighted by Crippen LogP contribution is -2.39. The minimum atomic E-state index is 0.0240. The summed E-state index contributed by atoms with van der Waals surface area (Å²) in [4.78, 5) is 16.5. The average Bonchev–Trinajstić information content (AvgIpc) is 3.42. The Morgan fingerprint density at radius 1 is 1.34 bits per heavy atom. The van der Waals surface area contributed by atoms with Crippen molar-refractivity contribution >= 4 is 22.4 Å².